The summed E-state index contributed by atoms with van der Waals surface area (Å²) < 4.78 is 0. The number of carbonyl (C=O) groups is 2. The van der Waals surface area contributed by atoms with Crippen molar-refractivity contribution >= 4 is 34.1 Å². The summed E-state index contributed by atoms with van der Waals surface area (Å²) in [6, 6.07) is 15.2. The van der Waals surface area contributed by atoms with Crippen molar-refractivity contribution in [3.05, 3.63) is 60.3 Å². The number of rotatable bonds is 6. The third-order valence-electron chi connectivity index (χ3n) is 4.72. The summed E-state index contributed by atoms with van der Waals surface area (Å²) in [7, 11) is 0. The Morgan fingerprint density at radius 2 is 1.86 bits per heavy atom. The fourth-order valence-electron chi connectivity index (χ4n) is 3.62. The highest BCUT2D eigenvalue weighted by molar-refractivity contribution is 6.08. The summed E-state index contributed by atoms with van der Waals surface area (Å²) in [5, 5.41) is 3.82. The van der Waals surface area contributed by atoms with E-state index in [1.807, 2.05) is 35.4 Å². The van der Waals surface area contributed by atoms with Crippen LogP contribution >= 0.6 is 0 Å². The molecule has 0 radical (unpaired) electrons. The zero-order valence-corrected chi connectivity index (χ0v) is 16.8. The van der Waals surface area contributed by atoms with E-state index in [0.29, 0.717) is 17.2 Å². The molecular weight excluding hydrogens is 350 g/mol. The molecule has 146 valence electrons. The van der Waals surface area contributed by atoms with E-state index in [1.54, 1.807) is 24.3 Å². The van der Waals surface area contributed by atoms with Crippen molar-refractivity contribution in [1.82, 2.24) is 4.98 Å². The highest BCUT2D eigenvalue weighted by Crippen LogP contribution is 2.27. The van der Waals surface area contributed by atoms with Gasteiger partial charge in [0.1, 0.15) is 0 Å². The second-order valence-corrected chi connectivity index (χ2v) is 7.66. The Morgan fingerprint density at radius 3 is 2.57 bits per heavy atom. The van der Waals surface area contributed by atoms with Crippen LogP contribution in [0.2, 0.25) is 0 Å². The second kappa shape index (κ2) is 8.30. The van der Waals surface area contributed by atoms with E-state index >= 15 is 0 Å². The number of H-pyrrole nitrogens is 1. The molecule has 5 heteroatoms. The molecular formula is C23H27N3O2. The molecule has 0 saturated heterocycles. The molecule has 3 rings (SSSR count). The van der Waals surface area contributed by atoms with Crippen molar-refractivity contribution in [3.63, 3.8) is 0 Å². The van der Waals surface area contributed by atoms with Gasteiger partial charge in [-0.2, -0.15) is 0 Å². The molecule has 0 spiro atoms. The lowest BCUT2D eigenvalue weighted by molar-refractivity contribution is -0.114. The van der Waals surface area contributed by atoms with Gasteiger partial charge in [-0.1, -0.05) is 19.9 Å². The minimum atomic E-state index is -0.160. The van der Waals surface area contributed by atoms with Crippen molar-refractivity contribution in [2.24, 2.45) is 5.92 Å². The Bertz CT molecular complexity index is 990. The number of aromatic amines is 1. The van der Waals surface area contributed by atoms with Gasteiger partial charge in [0.05, 0.1) is 0 Å². The van der Waals surface area contributed by atoms with Crippen LogP contribution in [0.5, 0.6) is 0 Å². The van der Waals surface area contributed by atoms with Crippen LogP contribution < -0.4 is 10.2 Å². The van der Waals surface area contributed by atoms with Crippen LogP contribution in [0.4, 0.5) is 11.4 Å². The van der Waals surface area contributed by atoms with Gasteiger partial charge >= 0.3 is 0 Å². The number of amides is 2. The van der Waals surface area contributed by atoms with Crippen molar-refractivity contribution < 1.29 is 9.59 Å². The maximum absolute atomic E-state index is 13.5. The van der Waals surface area contributed by atoms with Gasteiger partial charge in [0.2, 0.25) is 5.91 Å². The maximum Gasteiger partial charge on any atom is 0.258 e. The number of anilines is 2. The predicted octanol–water partition coefficient (Wildman–Crippen LogP) is 5.21. The van der Waals surface area contributed by atoms with E-state index in [4.69, 9.17) is 0 Å². The topological polar surface area (TPSA) is 65.2 Å². The quantitative estimate of drug-likeness (QED) is 0.619. The lowest BCUT2D eigenvalue weighted by Crippen LogP contribution is -2.39. The molecule has 1 aromatic heterocycles. The van der Waals surface area contributed by atoms with E-state index in [2.05, 4.69) is 31.1 Å². The van der Waals surface area contributed by atoms with Crippen LogP contribution in [0, 0.1) is 5.92 Å². The molecule has 0 aliphatic heterocycles. The van der Waals surface area contributed by atoms with Gasteiger partial charge < -0.3 is 15.2 Å². The molecule has 0 saturated carbocycles. The average molecular weight is 377 g/mol. The first-order valence-corrected chi connectivity index (χ1v) is 9.63. The number of carbonyl (C=O) groups excluding carboxylic acids is 2. The fraction of sp³-hybridized carbons (Fsp3) is 0.304. The van der Waals surface area contributed by atoms with Gasteiger partial charge in [0, 0.05) is 47.0 Å². The van der Waals surface area contributed by atoms with E-state index < -0.39 is 0 Å². The number of nitrogens with one attached hydrogen (secondary N) is 2. The van der Waals surface area contributed by atoms with Crippen LogP contribution in [0.25, 0.3) is 10.9 Å². The van der Waals surface area contributed by atoms with Gasteiger partial charge in [-0.15, -0.1) is 0 Å². The zero-order chi connectivity index (χ0) is 20.3. The average Bonchev–Trinajstić information content (AvgIpc) is 3.08. The summed E-state index contributed by atoms with van der Waals surface area (Å²) in [5.74, 6) is 0.231. The first-order valence-electron chi connectivity index (χ1n) is 9.63. The standard InChI is InChI=1S/C23H27N3O2/c1-15(2)12-16(3)26(21-8-9-22-18(14-21)10-11-24-22)23(28)19-6-5-7-20(13-19)25-17(4)27/h5-11,13-16,24H,12H2,1-4H3,(H,25,27). The van der Waals surface area contributed by atoms with Crippen LogP contribution in [-0.2, 0) is 4.79 Å². The molecule has 28 heavy (non-hydrogen) atoms. The van der Waals surface area contributed by atoms with Gasteiger partial charge in [0.25, 0.3) is 5.91 Å². The first kappa shape index (κ1) is 19.7. The van der Waals surface area contributed by atoms with Crippen LogP contribution in [0.1, 0.15) is 44.5 Å². The summed E-state index contributed by atoms with van der Waals surface area (Å²) in [5.41, 5.74) is 3.09. The van der Waals surface area contributed by atoms with Gasteiger partial charge in [-0.25, -0.2) is 0 Å². The number of fused-ring (bicyclic) bond motifs is 1. The minimum Gasteiger partial charge on any atom is -0.361 e. The Balaban J connectivity index is 2.00. The molecule has 2 N–H and O–H groups in total. The fourth-order valence-corrected chi connectivity index (χ4v) is 3.62. The van der Waals surface area contributed by atoms with Crippen LogP contribution in [0.3, 0.4) is 0 Å². The number of hydrogen-bond donors (Lipinski definition) is 2. The van der Waals surface area contributed by atoms with E-state index in [0.717, 1.165) is 23.0 Å². The Morgan fingerprint density at radius 1 is 1.07 bits per heavy atom. The van der Waals surface area contributed by atoms with Crippen molar-refractivity contribution in [1.29, 1.82) is 0 Å². The third-order valence-corrected chi connectivity index (χ3v) is 4.72. The zero-order valence-electron chi connectivity index (χ0n) is 16.8. The normalized spacial score (nSPS) is 12.2. The number of nitrogens with zero attached hydrogens (tertiary/aromatic N) is 1. The lowest BCUT2D eigenvalue weighted by Gasteiger charge is -2.31. The molecule has 0 bridgehead atoms. The minimum absolute atomic E-state index is 0.0355. The highest BCUT2D eigenvalue weighted by atomic mass is 16.2. The Kier molecular flexibility index (Phi) is 5.83. The van der Waals surface area contributed by atoms with E-state index in [9.17, 15) is 9.59 Å². The van der Waals surface area contributed by atoms with E-state index in [-0.39, 0.29) is 17.9 Å². The molecule has 0 aliphatic rings. The van der Waals surface area contributed by atoms with Crippen molar-refractivity contribution in [2.45, 2.75) is 40.2 Å². The van der Waals surface area contributed by atoms with Gasteiger partial charge in [-0.05, 0) is 61.7 Å². The molecule has 2 aromatic carbocycles. The van der Waals surface area contributed by atoms with Crippen molar-refractivity contribution in [2.75, 3.05) is 10.2 Å². The first-order chi connectivity index (χ1) is 13.3. The molecule has 1 atom stereocenters. The molecule has 3 aromatic rings. The Labute approximate surface area is 165 Å². The van der Waals surface area contributed by atoms with Crippen LogP contribution in [0.15, 0.2) is 54.7 Å². The second-order valence-electron chi connectivity index (χ2n) is 7.66. The number of hydrogen-bond acceptors (Lipinski definition) is 2. The molecule has 2 amide bonds. The van der Waals surface area contributed by atoms with Gasteiger partial charge in [-0.3, -0.25) is 9.59 Å². The number of aromatic nitrogens is 1. The molecule has 0 fully saturated rings. The lowest BCUT2D eigenvalue weighted by atomic mass is 10.0. The number of benzene rings is 2. The SMILES string of the molecule is CC(=O)Nc1cccc(C(=O)N(c2ccc3[nH]ccc3c2)C(C)CC(C)C)c1. The molecule has 1 heterocycles. The maximum atomic E-state index is 13.5. The Hall–Kier alpha value is -3.08. The molecule has 5 nitrogen and oxygen atoms in total. The molecule has 1 unspecified atom stereocenters. The summed E-state index contributed by atoms with van der Waals surface area (Å²) in [4.78, 5) is 29.9. The summed E-state index contributed by atoms with van der Waals surface area (Å²) >= 11 is 0. The van der Waals surface area contributed by atoms with Crippen LogP contribution in [-0.4, -0.2) is 22.8 Å². The summed E-state index contributed by atoms with van der Waals surface area (Å²) in [6.07, 6.45) is 2.79. The van der Waals surface area contributed by atoms with Gasteiger partial charge in [0.15, 0.2) is 0 Å². The largest absolute Gasteiger partial charge is 0.361 e. The summed E-state index contributed by atoms with van der Waals surface area (Å²) in [6.45, 7) is 7.85. The van der Waals surface area contributed by atoms with Crippen molar-refractivity contribution in [3.8, 4) is 0 Å². The van der Waals surface area contributed by atoms with E-state index in [1.165, 1.54) is 6.92 Å². The predicted molar refractivity (Wildman–Crippen MR) is 115 cm³/mol. The smallest absolute Gasteiger partial charge is 0.258 e. The monoisotopic (exact) mass is 377 g/mol. The highest BCUT2D eigenvalue weighted by Gasteiger charge is 2.24. The molecule has 0 aliphatic carbocycles. The third kappa shape index (κ3) is 4.42.